The number of amides is 1. The summed E-state index contributed by atoms with van der Waals surface area (Å²) in [6.07, 6.45) is 1.36. The maximum absolute atomic E-state index is 12.6. The Hall–Kier alpha value is -4.32. The Balaban J connectivity index is 1.68. The van der Waals surface area contributed by atoms with E-state index in [0.29, 0.717) is 33.3 Å². The van der Waals surface area contributed by atoms with Crippen molar-refractivity contribution in [3.63, 3.8) is 0 Å². The van der Waals surface area contributed by atoms with Gasteiger partial charge in [-0.1, -0.05) is 18.2 Å². The summed E-state index contributed by atoms with van der Waals surface area (Å²) in [4.78, 5) is 35.0. The molecule has 0 aliphatic carbocycles. The zero-order valence-corrected chi connectivity index (χ0v) is 19.8. The number of benzene rings is 2. The van der Waals surface area contributed by atoms with Crippen LogP contribution in [0.3, 0.4) is 0 Å². The molecule has 182 valence electrons. The van der Waals surface area contributed by atoms with Gasteiger partial charge in [0.25, 0.3) is 11.6 Å². The van der Waals surface area contributed by atoms with Crippen molar-refractivity contribution in [3.05, 3.63) is 81.0 Å². The summed E-state index contributed by atoms with van der Waals surface area (Å²) in [5.74, 6) is -0.645. The normalized spacial score (nSPS) is 15.3. The van der Waals surface area contributed by atoms with Gasteiger partial charge >= 0.3 is 5.97 Å². The molecule has 3 rings (SSSR count). The lowest BCUT2D eigenvalue weighted by atomic mass is 9.95. The molecule has 1 amide bonds. The zero-order valence-electron chi connectivity index (χ0n) is 18.9. The van der Waals surface area contributed by atoms with Gasteiger partial charge in [-0.15, -0.1) is 0 Å². The number of ether oxygens (including phenoxy) is 2. The van der Waals surface area contributed by atoms with Gasteiger partial charge < -0.3 is 20.1 Å². The Labute approximate surface area is 206 Å². The fraction of sp³-hybridized carbons (Fsp3) is 0.217. The summed E-state index contributed by atoms with van der Waals surface area (Å²) in [6.45, 7) is 3.32. The Morgan fingerprint density at radius 1 is 1.23 bits per heavy atom. The van der Waals surface area contributed by atoms with Gasteiger partial charge in [0.2, 0.25) is 0 Å². The number of thiocarbonyl (C=S) groups is 1. The molecule has 1 aliphatic heterocycles. The van der Waals surface area contributed by atoms with Gasteiger partial charge in [0, 0.05) is 23.4 Å². The number of hydrazone groups is 1. The van der Waals surface area contributed by atoms with Crippen molar-refractivity contribution in [2.45, 2.75) is 19.9 Å². The van der Waals surface area contributed by atoms with Gasteiger partial charge in [-0.3, -0.25) is 14.9 Å². The molecule has 1 aliphatic rings. The monoisotopic (exact) mass is 497 g/mol. The molecule has 35 heavy (non-hydrogen) atoms. The quantitative estimate of drug-likeness (QED) is 0.156. The lowest BCUT2D eigenvalue weighted by molar-refractivity contribution is -0.384. The molecule has 0 spiro atoms. The molecule has 0 radical (unpaired) electrons. The van der Waals surface area contributed by atoms with Crippen LogP contribution in [0.5, 0.6) is 5.75 Å². The molecule has 0 unspecified atom stereocenters. The van der Waals surface area contributed by atoms with Gasteiger partial charge in [0.15, 0.2) is 11.7 Å². The highest BCUT2D eigenvalue weighted by Crippen LogP contribution is 2.33. The standard InChI is InChI=1S/C23H23N5O6S/c1-3-33-22(30)20-14(2)25-23(35)26-21(20)17-6-4-5-7-18(17)34-13-19(29)27-24-12-15-8-10-16(11-9-15)28(31)32/h4-12,21H,3,13H2,1-2H3,(H,27,29)(H2,25,26,35)/t21-/m0/s1. The third-order valence-electron chi connectivity index (χ3n) is 4.86. The molecule has 12 heteroatoms. The van der Waals surface area contributed by atoms with E-state index in [-0.39, 0.29) is 18.9 Å². The molecule has 11 nitrogen and oxygen atoms in total. The number of carbonyl (C=O) groups excluding carboxylic acids is 2. The molecule has 0 saturated carbocycles. The molecule has 0 saturated heterocycles. The van der Waals surface area contributed by atoms with E-state index in [2.05, 4.69) is 21.2 Å². The van der Waals surface area contributed by atoms with E-state index >= 15 is 0 Å². The van der Waals surface area contributed by atoms with Crippen LogP contribution in [-0.2, 0) is 14.3 Å². The first-order valence-corrected chi connectivity index (χ1v) is 10.9. The highest BCUT2D eigenvalue weighted by atomic mass is 32.1. The van der Waals surface area contributed by atoms with E-state index < -0.39 is 22.8 Å². The molecular formula is C23H23N5O6S. The predicted molar refractivity (Wildman–Crippen MR) is 132 cm³/mol. The fourth-order valence-corrected chi connectivity index (χ4v) is 3.56. The number of hydrogen-bond donors (Lipinski definition) is 3. The molecule has 0 fully saturated rings. The smallest absolute Gasteiger partial charge is 0.338 e. The largest absolute Gasteiger partial charge is 0.483 e. The first-order valence-electron chi connectivity index (χ1n) is 10.5. The van der Waals surface area contributed by atoms with Crippen LogP contribution in [0.1, 0.15) is 31.0 Å². The van der Waals surface area contributed by atoms with Crippen molar-refractivity contribution in [1.29, 1.82) is 0 Å². The van der Waals surface area contributed by atoms with E-state index in [0.717, 1.165) is 0 Å². The van der Waals surface area contributed by atoms with Gasteiger partial charge in [-0.25, -0.2) is 10.2 Å². The minimum atomic E-state index is -0.637. The summed E-state index contributed by atoms with van der Waals surface area (Å²) in [7, 11) is 0. The number of esters is 1. The molecule has 0 bridgehead atoms. The first-order chi connectivity index (χ1) is 16.8. The second kappa shape index (κ2) is 11.7. The summed E-state index contributed by atoms with van der Waals surface area (Å²) in [5, 5.41) is 20.9. The van der Waals surface area contributed by atoms with Gasteiger partial charge in [0.05, 0.1) is 29.4 Å². The highest BCUT2D eigenvalue weighted by Gasteiger charge is 2.32. The number of non-ortho nitro benzene ring substituents is 1. The summed E-state index contributed by atoms with van der Waals surface area (Å²) in [5.41, 5.74) is 4.38. The third kappa shape index (κ3) is 6.60. The minimum Gasteiger partial charge on any atom is -0.483 e. The number of hydrogen-bond acceptors (Lipinski definition) is 8. The number of rotatable bonds is 9. The first kappa shape index (κ1) is 25.3. The van der Waals surface area contributed by atoms with Crippen molar-refractivity contribution in [2.75, 3.05) is 13.2 Å². The van der Waals surface area contributed by atoms with Crippen LogP contribution in [0, 0.1) is 10.1 Å². The van der Waals surface area contributed by atoms with Gasteiger partial charge in [0.1, 0.15) is 5.75 Å². The topological polar surface area (TPSA) is 144 Å². The van der Waals surface area contributed by atoms with E-state index in [1.54, 1.807) is 38.1 Å². The fourth-order valence-electron chi connectivity index (χ4n) is 3.29. The maximum Gasteiger partial charge on any atom is 0.338 e. The second-order valence-corrected chi connectivity index (χ2v) is 7.67. The van der Waals surface area contributed by atoms with E-state index in [1.807, 2.05) is 0 Å². The Morgan fingerprint density at radius 2 is 1.94 bits per heavy atom. The van der Waals surface area contributed by atoms with Crippen molar-refractivity contribution in [2.24, 2.45) is 5.10 Å². The van der Waals surface area contributed by atoms with Crippen molar-refractivity contribution in [3.8, 4) is 5.75 Å². The molecule has 1 heterocycles. The average Bonchev–Trinajstić information content (AvgIpc) is 2.83. The van der Waals surface area contributed by atoms with E-state index in [9.17, 15) is 19.7 Å². The number of para-hydroxylation sites is 1. The lowest BCUT2D eigenvalue weighted by Gasteiger charge is -2.30. The Morgan fingerprint density at radius 3 is 2.63 bits per heavy atom. The molecule has 3 N–H and O–H groups in total. The van der Waals surface area contributed by atoms with E-state index in [1.165, 1.54) is 30.5 Å². The van der Waals surface area contributed by atoms with Crippen LogP contribution in [0.25, 0.3) is 0 Å². The molecule has 0 aromatic heterocycles. The SMILES string of the molecule is CCOC(=O)C1=C(C)NC(=S)N[C@H]1c1ccccc1OCC(=O)NN=Cc1ccc([N+](=O)[O-])cc1. The predicted octanol–water partition coefficient (Wildman–Crippen LogP) is 2.48. The number of nitrogens with zero attached hydrogens (tertiary/aromatic N) is 2. The summed E-state index contributed by atoms with van der Waals surface area (Å²) >= 11 is 5.26. The Bertz CT molecular complexity index is 1200. The maximum atomic E-state index is 12.6. The second-order valence-electron chi connectivity index (χ2n) is 7.26. The van der Waals surface area contributed by atoms with Crippen LogP contribution in [0.4, 0.5) is 5.69 Å². The summed E-state index contributed by atoms with van der Waals surface area (Å²) in [6, 6.07) is 12.0. The molecular weight excluding hydrogens is 474 g/mol. The van der Waals surface area contributed by atoms with E-state index in [4.69, 9.17) is 21.7 Å². The van der Waals surface area contributed by atoms with Crippen molar-refractivity contribution in [1.82, 2.24) is 16.1 Å². The van der Waals surface area contributed by atoms with Crippen molar-refractivity contribution >= 4 is 41.1 Å². The molecule has 2 aromatic carbocycles. The number of nitro groups is 1. The molecule has 2 aromatic rings. The number of allylic oxidation sites excluding steroid dienone is 1. The minimum absolute atomic E-state index is 0.0431. The average molecular weight is 498 g/mol. The highest BCUT2D eigenvalue weighted by molar-refractivity contribution is 7.80. The summed E-state index contributed by atoms with van der Waals surface area (Å²) < 4.78 is 10.9. The molecule has 1 atom stereocenters. The third-order valence-corrected chi connectivity index (χ3v) is 5.08. The van der Waals surface area contributed by atoms with Crippen LogP contribution in [0.15, 0.2) is 64.9 Å². The number of nitro benzene ring substituents is 1. The van der Waals surface area contributed by atoms with Crippen LogP contribution >= 0.6 is 12.2 Å². The van der Waals surface area contributed by atoms with Gasteiger partial charge in [-0.2, -0.15) is 5.10 Å². The lowest BCUT2D eigenvalue weighted by Crippen LogP contribution is -2.45. The number of carbonyl (C=O) groups is 2. The number of nitrogens with one attached hydrogen (secondary N) is 3. The zero-order chi connectivity index (χ0) is 25.4. The van der Waals surface area contributed by atoms with Gasteiger partial charge in [-0.05, 0) is 49.8 Å². The van der Waals surface area contributed by atoms with Crippen molar-refractivity contribution < 1.29 is 24.0 Å². The van der Waals surface area contributed by atoms with Crippen LogP contribution in [-0.4, -0.2) is 41.3 Å². The van der Waals surface area contributed by atoms with Crippen LogP contribution in [0.2, 0.25) is 0 Å². The Kier molecular flexibility index (Phi) is 8.46. The van der Waals surface area contributed by atoms with Crippen LogP contribution < -0.4 is 20.8 Å².